The van der Waals surface area contributed by atoms with Crippen LogP contribution < -0.4 is 10.6 Å². The van der Waals surface area contributed by atoms with Gasteiger partial charge in [0.05, 0.1) is 18.2 Å². The van der Waals surface area contributed by atoms with Crippen molar-refractivity contribution < 1.29 is 14.3 Å². The minimum atomic E-state index is -0.754. The molecule has 18 heavy (non-hydrogen) atoms. The average molecular weight is 256 g/mol. The number of nitrogens with zero attached hydrogens (tertiary/aromatic N) is 3. The van der Waals surface area contributed by atoms with Gasteiger partial charge in [0.15, 0.2) is 0 Å². The number of aromatic nitrogens is 2. The van der Waals surface area contributed by atoms with E-state index < -0.39 is 5.60 Å². The van der Waals surface area contributed by atoms with Crippen molar-refractivity contribution in [3.05, 3.63) is 5.89 Å². The number of rotatable bonds is 4. The van der Waals surface area contributed by atoms with Gasteiger partial charge in [-0.25, -0.2) is 0 Å². The van der Waals surface area contributed by atoms with E-state index in [0.717, 1.165) is 0 Å². The van der Waals surface area contributed by atoms with E-state index in [0.29, 0.717) is 44.5 Å². The van der Waals surface area contributed by atoms with E-state index in [1.54, 1.807) is 11.8 Å². The van der Waals surface area contributed by atoms with E-state index in [-0.39, 0.29) is 6.04 Å². The highest BCUT2D eigenvalue weighted by atomic mass is 16.5. The maximum absolute atomic E-state index is 10.4. The summed E-state index contributed by atoms with van der Waals surface area (Å²) in [6.45, 7) is 3.39. The van der Waals surface area contributed by atoms with Crippen LogP contribution in [0.5, 0.6) is 0 Å². The Morgan fingerprint density at radius 1 is 1.44 bits per heavy atom. The standard InChI is InChI=1S/C11H20N4O3/c1-8(12)9-13-14-10(18-9)15(2)7-11(16)3-5-17-6-4-11/h8,16H,3-7,12H2,1-2H3. The monoisotopic (exact) mass is 256 g/mol. The molecule has 1 aliphatic heterocycles. The first-order valence-corrected chi connectivity index (χ1v) is 6.10. The minimum absolute atomic E-state index is 0.286. The fourth-order valence-corrected chi connectivity index (χ4v) is 1.98. The SMILES string of the molecule is CC(N)c1nnc(N(C)CC2(O)CCOCC2)o1. The molecule has 0 aliphatic carbocycles. The van der Waals surface area contributed by atoms with E-state index >= 15 is 0 Å². The minimum Gasteiger partial charge on any atom is -0.406 e. The van der Waals surface area contributed by atoms with Crippen molar-refractivity contribution in [3.8, 4) is 0 Å². The summed E-state index contributed by atoms with van der Waals surface area (Å²) in [7, 11) is 1.81. The van der Waals surface area contributed by atoms with E-state index in [2.05, 4.69) is 10.2 Å². The number of ether oxygens (including phenoxy) is 1. The first-order chi connectivity index (χ1) is 8.50. The Morgan fingerprint density at radius 2 is 2.11 bits per heavy atom. The quantitative estimate of drug-likeness (QED) is 0.786. The smallest absolute Gasteiger partial charge is 0.318 e. The van der Waals surface area contributed by atoms with Gasteiger partial charge in [-0.05, 0) is 6.92 Å². The summed E-state index contributed by atoms with van der Waals surface area (Å²) in [5, 5.41) is 18.2. The van der Waals surface area contributed by atoms with E-state index in [4.69, 9.17) is 14.9 Å². The molecule has 1 aliphatic rings. The van der Waals surface area contributed by atoms with Crippen molar-refractivity contribution in [1.82, 2.24) is 10.2 Å². The van der Waals surface area contributed by atoms with Crippen LogP contribution in [0.3, 0.4) is 0 Å². The predicted octanol–water partition coefficient (Wildman–Crippen LogP) is 0.0670. The summed E-state index contributed by atoms with van der Waals surface area (Å²) in [6.07, 6.45) is 1.23. The van der Waals surface area contributed by atoms with Crippen LogP contribution in [-0.4, -0.2) is 47.7 Å². The Labute approximate surface area is 106 Å². The van der Waals surface area contributed by atoms with Gasteiger partial charge in [0.2, 0.25) is 5.89 Å². The second-order valence-corrected chi connectivity index (χ2v) is 4.90. The van der Waals surface area contributed by atoms with Crippen LogP contribution in [0.4, 0.5) is 6.01 Å². The molecular formula is C11H20N4O3. The Bertz CT molecular complexity index is 387. The topological polar surface area (TPSA) is 97.6 Å². The van der Waals surface area contributed by atoms with Crippen molar-refractivity contribution in [3.63, 3.8) is 0 Å². The first-order valence-electron chi connectivity index (χ1n) is 6.10. The van der Waals surface area contributed by atoms with Gasteiger partial charge < -0.3 is 24.9 Å². The Morgan fingerprint density at radius 3 is 2.67 bits per heavy atom. The molecule has 0 aromatic carbocycles. The molecule has 0 amide bonds. The summed E-state index contributed by atoms with van der Waals surface area (Å²) in [5.74, 6) is 0.399. The highest BCUT2D eigenvalue weighted by Gasteiger charge is 2.32. The summed E-state index contributed by atoms with van der Waals surface area (Å²) in [4.78, 5) is 1.75. The van der Waals surface area contributed by atoms with E-state index in [1.807, 2.05) is 7.05 Å². The normalized spacial score (nSPS) is 20.7. The predicted molar refractivity (Wildman–Crippen MR) is 65.2 cm³/mol. The molecule has 7 nitrogen and oxygen atoms in total. The fourth-order valence-electron chi connectivity index (χ4n) is 1.98. The highest BCUT2D eigenvalue weighted by Crippen LogP contribution is 2.24. The largest absolute Gasteiger partial charge is 0.406 e. The van der Waals surface area contributed by atoms with Crippen LogP contribution in [0.15, 0.2) is 4.42 Å². The van der Waals surface area contributed by atoms with Crippen LogP contribution in [0, 0.1) is 0 Å². The molecule has 1 saturated heterocycles. The molecule has 0 bridgehead atoms. The number of aliphatic hydroxyl groups is 1. The lowest BCUT2D eigenvalue weighted by Gasteiger charge is -2.34. The van der Waals surface area contributed by atoms with Gasteiger partial charge in [-0.2, -0.15) is 0 Å². The molecule has 1 fully saturated rings. The molecule has 1 atom stereocenters. The second-order valence-electron chi connectivity index (χ2n) is 4.90. The van der Waals surface area contributed by atoms with Crippen LogP contribution in [-0.2, 0) is 4.74 Å². The molecule has 0 radical (unpaired) electrons. The highest BCUT2D eigenvalue weighted by molar-refractivity contribution is 5.23. The van der Waals surface area contributed by atoms with Gasteiger partial charge in [-0.3, -0.25) is 0 Å². The summed E-state index contributed by atoms with van der Waals surface area (Å²) in [6, 6.07) is 0.0908. The number of anilines is 1. The molecule has 3 N–H and O–H groups in total. The van der Waals surface area contributed by atoms with Crippen LogP contribution in [0.1, 0.15) is 31.7 Å². The number of hydrogen-bond donors (Lipinski definition) is 2. The van der Waals surface area contributed by atoms with Crippen LogP contribution in [0.2, 0.25) is 0 Å². The van der Waals surface area contributed by atoms with Gasteiger partial charge in [-0.15, -0.1) is 5.10 Å². The molecule has 2 heterocycles. The van der Waals surface area contributed by atoms with Gasteiger partial charge in [-0.1, -0.05) is 5.10 Å². The molecule has 1 aromatic heterocycles. The third-order valence-corrected chi connectivity index (χ3v) is 3.10. The zero-order valence-electron chi connectivity index (χ0n) is 10.8. The van der Waals surface area contributed by atoms with Crippen molar-refractivity contribution >= 4 is 6.01 Å². The molecule has 1 unspecified atom stereocenters. The molecule has 0 saturated carbocycles. The Balaban J connectivity index is 1.99. The third kappa shape index (κ3) is 2.98. The molecule has 0 spiro atoms. The lowest BCUT2D eigenvalue weighted by Crippen LogP contribution is -2.45. The zero-order chi connectivity index (χ0) is 13.2. The zero-order valence-corrected chi connectivity index (χ0v) is 10.8. The molecule has 2 rings (SSSR count). The lowest BCUT2D eigenvalue weighted by atomic mass is 9.94. The van der Waals surface area contributed by atoms with Crippen molar-refractivity contribution in [2.45, 2.75) is 31.4 Å². The number of likely N-dealkylation sites (N-methyl/N-ethyl adjacent to an activating group) is 1. The van der Waals surface area contributed by atoms with Gasteiger partial charge in [0.1, 0.15) is 0 Å². The van der Waals surface area contributed by atoms with Crippen LogP contribution >= 0.6 is 0 Å². The molecule has 7 heteroatoms. The maximum atomic E-state index is 10.4. The van der Waals surface area contributed by atoms with Crippen LogP contribution in [0.25, 0.3) is 0 Å². The Kier molecular flexibility index (Phi) is 3.84. The number of nitrogens with two attached hydrogens (primary N) is 1. The fraction of sp³-hybridized carbons (Fsp3) is 0.818. The van der Waals surface area contributed by atoms with Crippen molar-refractivity contribution in [1.29, 1.82) is 0 Å². The molecule has 1 aromatic rings. The Hall–Kier alpha value is -1.18. The third-order valence-electron chi connectivity index (χ3n) is 3.10. The van der Waals surface area contributed by atoms with Crippen molar-refractivity contribution in [2.24, 2.45) is 5.73 Å². The van der Waals surface area contributed by atoms with Gasteiger partial charge >= 0.3 is 6.01 Å². The van der Waals surface area contributed by atoms with Gasteiger partial charge in [0, 0.05) is 33.1 Å². The van der Waals surface area contributed by atoms with Crippen molar-refractivity contribution in [2.75, 3.05) is 31.7 Å². The second kappa shape index (κ2) is 5.21. The van der Waals surface area contributed by atoms with Gasteiger partial charge in [0.25, 0.3) is 0 Å². The molecule has 102 valence electrons. The van der Waals surface area contributed by atoms with E-state index in [1.165, 1.54) is 0 Å². The summed E-state index contributed by atoms with van der Waals surface area (Å²) in [5.41, 5.74) is 4.90. The first kappa shape index (κ1) is 13.3. The summed E-state index contributed by atoms with van der Waals surface area (Å²) < 4.78 is 10.7. The summed E-state index contributed by atoms with van der Waals surface area (Å²) >= 11 is 0. The maximum Gasteiger partial charge on any atom is 0.318 e. The lowest BCUT2D eigenvalue weighted by molar-refractivity contribution is -0.0576. The molecular weight excluding hydrogens is 236 g/mol. The van der Waals surface area contributed by atoms with E-state index in [9.17, 15) is 5.11 Å². The number of hydrogen-bond acceptors (Lipinski definition) is 7. The average Bonchev–Trinajstić information content (AvgIpc) is 2.78.